The van der Waals surface area contributed by atoms with Gasteiger partial charge < -0.3 is 10.5 Å². The Hall–Kier alpha value is -1.22. The zero-order valence-corrected chi connectivity index (χ0v) is 13.0. The second-order valence-corrected chi connectivity index (χ2v) is 5.53. The van der Waals surface area contributed by atoms with Crippen LogP contribution in [0.1, 0.15) is 29.7 Å². The van der Waals surface area contributed by atoms with Crippen molar-refractivity contribution in [3.63, 3.8) is 0 Å². The molecule has 2 N–H and O–H groups in total. The van der Waals surface area contributed by atoms with Crippen molar-refractivity contribution in [2.24, 2.45) is 5.73 Å². The van der Waals surface area contributed by atoms with Gasteiger partial charge in [-0.2, -0.15) is 0 Å². The lowest BCUT2D eigenvalue weighted by molar-refractivity contribution is 0.335. The van der Waals surface area contributed by atoms with Crippen LogP contribution in [-0.2, 0) is 0 Å². The van der Waals surface area contributed by atoms with Crippen molar-refractivity contribution < 1.29 is 4.74 Å². The third-order valence-electron chi connectivity index (χ3n) is 3.04. The summed E-state index contributed by atoms with van der Waals surface area (Å²) in [6.45, 7) is 4.57. The SMILES string of the molecule is CCOc1ccc(C)cc1C(N)c1cc(Cl)cc(Cl)c1. The molecule has 0 saturated heterocycles. The van der Waals surface area contributed by atoms with E-state index in [-0.39, 0.29) is 6.04 Å². The molecule has 0 aliphatic heterocycles. The van der Waals surface area contributed by atoms with Crippen molar-refractivity contribution >= 4 is 23.2 Å². The fourth-order valence-electron chi connectivity index (χ4n) is 2.13. The Morgan fingerprint density at radius 1 is 1.10 bits per heavy atom. The van der Waals surface area contributed by atoms with Crippen molar-refractivity contribution in [1.29, 1.82) is 0 Å². The van der Waals surface area contributed by atoms with Crippen molar-refractivity contribution in [2.75, 3.05) is 6.61 Å². The van der Waals surface area contributed by atoms with Crippen molar-refractivity contribution in [2.45, 2.75) is 19.9 Å². The highest BCUT2D eigenvalue weighted by Gasteiger charge is 2.15. The maximum atomic E-state index is 6.36. The molecule has 2 aromatic carbocycles. The number of rotatable bonds is 4. The first-order valence-electron chi connectivity index (χ1n) is 6.46. The summed E-state index contributed by atoms with van der Waals surface area (Å²) in [6, 6.07) is 11.0. The van der Waals surface area contributed by atoms with E-state index in [4.69, 9.17) is 33.7 Å². The van der Waals surface area contributed by atoms with Gasteiger partial charge in [-0.3, -0.25) is 0 Å². The summed E-state index contributed by atoms with van der Waals surface area (Å²) in [5.74, 6) is 0.793. The second kappa shape index (κ2) is 6.49. The number of nitrogens with two attached hydrogens (primary N) is 1. The molecule has 0 bridgehead atoms. The van der Waals surface area contributed by atoms with Crippen LogP contribution < -0.4 is 10.5 Å². The molecule has 106 valence electrons. The van der Waals surface area contributed by atoms with Crippen LogP contribution in [0.25, 0.3) is 0 Å². The van der Waals surface area contributed by atoms with Gasteiger partial charge >= 0.3 is 0 Å². The molecule has 0 aliphatic rings. The Morgan fingerprint density at radius 3 is 2.35 bits per heavy atom. The highest BCUT2D eigenvalue weighted by molar-refractivity contribution is 6.34. The standard InChI is InChI=1S/C16H17Cl2NO/c1-3-20-15-5-4-10(2)6-14(15)16(19)11-7-12(17)9-13(18)8-11/h4-9,16H,3,19H2,1-2H3. The molecule has 2 rings (SSSR count). The van der Waals surface area contributed by atoms with Crippen LogP contribution in [0, 0.1) is 6.92 Å². The van der Waals surface area contributed by atoms with E-state index < -0.39 is 0 Å². The number of ether oxygens (including phenoxy) is 1. The summed E-state index contributed by atoms with van der Waals surface area (Å²) >= 11 is 12.1. The van der Waals surface area contributed by atoms with E-state index >= 15 is 0 Å². The molecule has 2 nitrogen and oxygen atoms in total. The lowest BCUT2D eigenvalue weighted by atomic mass is 9.97. The second-order valence-electron chi connectivity index (χ2n) is 4.65. The van der Waals surface area contributed by atoms with Gasteiger partial charge in [-0.05, 0) is 43.7 Å². The van der Waals surface area contributed by atoms with Crippen LogP contribution in [0.3, 0.4) is 0 Å². The normalized spacial score (nSPS) is 12.2. The maximum Gasteiger partial charge on any atom is 0.124 e. The molecule has 4 heteroatoms. The van der Waals surface area contributed by atoms with Gasteiger partial charge in [0, 0.05) is 15.6 Å². The molecule has 0 aromatic heterocycles. The molecule has 0 saturated carbocycles. The van der Waals surface area contributed by atoms with Gasteiger partial charge in [-0.15, -0.1) is 0 Å². The molecule has 0 fully saturated rings. The predicted molar refractivity (Wildman–Crippen MR) is 84.8 cm³/mol. The average Bonchev–Trinajstić information content (AvgIpc) is 2.39. The Bertz CT molecular complexity index is 593. The van der Waals surface area contributed by atoms with Gasteiger partial charge in [0.2, 0.25) is 0 Å². The third-order valence-corrected chi connectivity index (χ3v) is 3.48. The predicted octanol–water partition coefficient (Wildman–Crippen LogP) is 4.75. The molecular weight excluding hydrogens is 293 g/mol. The summed E-state index contributed by atoms with van der Waals surface area (Å²) < 4.78 is 5.65. The highest BCUT2D eigenvalue weighted by atomic mass is 35.5. The topological polar surface area (TPSA) is 35.2 Å². The summed E-state index contributed by atoms with van der Waals surface area (Å²) in [4.78, 5) is 0. The van der Waals surface area contributed by atoms with Crippen molar-refractivity contribution in [1.82, 2.24) is 0 Å². The molecule has 2 aromatic rings. The molecule has 1 unspecified atom stereocenters. The Kier molecular flexibility index (Phi) is 4.92. The van der Waals surface area contributed by atoms with Gasteiger partial charge in [0.05, 0.1) is 12.6 Å². The Balaban J connectivity index is 2.46. The average molecular weight is 310 g/mol. The molecule has 0 heterocycles. The zero-order chi connectivity index (χ0) is 14.7. The molecule has 1 atom stereocenters. The largest absolute Gasteiger partial charge is 0.494 e. The fourth-order valence-corrected chi connectivity index (χ4v) is 2.68. The van der Waals surface area contributed by atoms with Gasteiger partial charge in [0.1, 0.15) is 5.75 Å². The number of halogens is 2. The highest BCUT2D eigenvalue weighted by Crippen LogP contribution is 2.32. The summed E-state index contributed by atoms with van der Waals surface area (Å²) in [7, 11) is 0. The van der Waals surface area contributed by atoms with Crippen LogP contribution in [0.2, 0.25) is 10.0 Å². The third kappa shape index (κ3) is 3.45. The van der Waals surface area contributed by atoms with E-state index in [1.54, 1.807) is 6.07 Å². The van der Waals surface area contributed by atoms with Crippen LogP contribution in [0.15, 0.2) is 36.4 Å². The van der Waals surface area contributed by atoms with E-state index in [1.807, 2.05) is 44.2 Å². The summed E-state index contributed by atoms with van der Waals surface area (Å²) in [6.07, 6.45) is 0. The van der Waals surface area contributed by atoms with Gasteiger partial charge in [0.15, 0.2) is 0 Å². The number of hydrogen-bond donors (Lipinski definition) is 1. The van der Waals surface area contributed by atoms with E-state index in [2.05, 4.69) is 0 Å². The molecule has 0 radical (unpaired) electrons. The van der Waals surface area contributed by atoms with Gasteiger partial charge in [-0.1, -0.05) is 40.9 Å². The minimum atomic E-state index is -0.326. The smallest absolute Gasteiger partial charge is 0.124 e. The summed E-state index contributed by atoms with van der Waals surface area (Å²) in [5.41, 5.74) is 9.29. The number of benzene rings is 2. The Labute approximate surface area is 129 Å². The first kappa shape index (κ1) is 15.2. The monoisotopic (exact) mass is 309 g/mol. The lowest BCUT2D eigenvalue weighted by Crippen LogP contribution is -2.14. The van der Waals surface area contributed by atoms with Crippen LogP contribution >= 0.6 is 23.2 Å². The number of aryl methyl sites for hydroxylation is 1. The fraction of sp³-hybridized carbons (Fsp3) is 0.250. The van der Waals surface area contributed by atoms with E-state index in [0.29, 0.717) is 16.7 Å². The minimum absolute atomic E-state index is 0.326. The molecule has 0 aliphatic carbocycles. The molecule has 0 amide bonds. The summed E-state index contributed by atoms with van der Waals surface area (Å²) in [5, 5.41) is 1.15. The van der Waals surface area contributed by atoms with Crippen molar-refractivity contribution in [3.8, 4) is 5.75 Å². The zero-order valence-electron chi connectivity index (χ0n) is 11.5. The van der Waals surface area contributed by atoms with E-state index in [9.17, 15) is 0 Å². The first-order chi connectivity index (χ1) is 9.51. The quantitative estimate of drug-likeness (QED) is 0.884. The number of hydrogen-bond acceptors (Lipinski definition) is 2. The van der Waals surface area contributed by atoms with E-state index in [0.717, 1.165) is 22.4 Å². The lowest BCUT2D eigenvalue weighted by Gasteiger charge is -2.18. The van der Waals surface area contributed by atoms with Crippen LogP contribution in [0.4, 0.5) is 0 Å². The maximum absolute atomic E-state index is 6.36. The van der Waals surface area contributed by atoms with Gasteiger partial charge in [0.25, 0.3) is 0 Å². The Morgan fingerprint density at radius 2 is 1.75 bits per heavy atom. The van der Waals surface area contributed by atoms with E-state index in [1.165, 1.54) is 0 Å². The molecule has 20 heavy (non-hydrogen) atoms. The van der Waals surface area contributed by atoms with Crippen LogP contribution in [0.5, 0.6) is 5.75 Å². The van der Waals surface area contributed by atoms with Gasteiger partial charge in [-0.25, -0.2) is 0 Å². The molecular formula is C16H17Cl2NO. The van der Waals surface area contributed by atoms with Crippen molar-refractivity contribution in [3.05, 3.63) is 63.1 Å². The van der Waals surface area contributed by atoms with Crippen LogP contribution in [-0.4, -0.2) is 6.61 Å². The molecule has 0 spiro atoms. The minimum Gasteiger partial charge on any atom is -0.494 e. The first-order valence-corrected chi connectivity index (χ1v) is 7.21.